The first-order valence-corrected chi connectivity index (χ1v) is 12.2. The van der Waals surface area contributed by atoms with Crippen molar-refractivity contribution < 1.29 is 14.3 Å². The minimum absolute atomic E-state index is 0.0258. The number of fused-ring (bicyclic) bond motifs is 2. The van der Waals surface area contributed by atoms with Gasteiger partial charge in [-0.25, -0.2) is 9.59 Å². The zero-order valence-electron chi connectivity index (χ0n) is 19.7. The molecule has 0 unspecified atom stereocenters. The van der Waals surface area contributed by atoms with Crippen LogP contribution in [0.4, 0.5) is 5.69 Å². The van der Waals surface area contributed by atoms with Gasteiger partial charge < -0.3 is 14.4 Å². The monoisotopic (exact) mass is 474 g/mol. The Kier molecular flexibility index (Phi) is 4.99. The standard InChI is InChI=1S/C27H26N2O4S/c1-26(2)12-19-22-20(27(3,4)7-8-29(22)14-26)11-15-10-18(25(32)33-23(15)19)21-6-5-17(34-21)9-16(13-28)24(30)31/h5-6,9-11H,7-8,12,14H2,1-4H3,(H,30,31)/b16-9-. The van der Waals surface area contributed by atoms with Gasteiger partial charge in [-0.1, -0.05) is 27.7 Å². The number of nitriles is 1. The molecule has 0 amide bonds. The maximum Gasteiger partial charge on any atom is 0.346 e. The van der Waals surface area contributed by atoms with Gasteiger partial charge in [-0.05, 0) is 59.6 Å². The summed E-state index contributed by atoms with van der Waals surface area (Å²) in [7, 11) is 0. The van der Waals surface area contributed by atoms with E-state index in [0.29, 0.717) is 20.9 Å². The summed E-state index contributed by atoms with van der Waals surface area (Å²) in [6.45, 7) is 11.1. The first kappa shape index (κ1) is 22.4. The summed E-state index contributed by atoms with van der Waals surface area (Å²) in [5, 5.41) is 19.1. The molecular formula is C27H26N2O4S. The van der Waals surface area contributed by atoms with E-state index in [2.05, 4.69) is 38.7 Å². The van der Waals surface area contributed by atoms with Crippen molar-refractivity contribution in [3.05, 3.63) is 56.3 Å². The second-order valence-corrected chi connectivity index (χ2v) is 11.8. The Labute approximate surface area is 201 Å². The number of rotatable bonds is 3. The molecule has 0 saturated heterocycles. The second kappa shape index (κ2) is 7.57. The molecule has 0 spiro atoms. The highest BCUT2D eigenvalue weighted by Crippen LogP contribution is 2.49. The van der Waals surface area contributed by atoms with Crippen LogP contribution in [-0.2, 0) is 16.6 Å². The van der Waals surface area contributed by atoms with Gasteiger partial charge in [0.1, 0.15) is 17.2 Å². The number of nitrogens with zero attached hydrogens (tertiary/aromatic N) is 2. The number of aliphatic carboxylic acids is 1. The number of carboxylic acids is 1. The summed E-state index contributed by atoms with van der Waals surface area (Å²) in [5.41, 5.74) is 4.11. The summed E-state index contributed by atoms with van der Waals surface area (Å²) >= 11 is 1.26. The largest absolute Gasteiger partial charge is 0.477 e. The molecule has 3 aromatic rings. The maximum absolute atomic E-state index is 13.1. The second-order valence-electron chi connectivity index (χ2n) is 10.7. The van der Waals surface area contributed by atoms with Crippen molar-refractivity contribution in [3.8, 4) is 16.5 Å². The fourth-order valence-electron chi connectivity index (χ4n) is 5.27. The van der Waals surface area contributed by atoms with E-state index in [0.717, 1.165) is 36.9 Å². The van der Waals surface area contributed by atoms with Crippen molar-refractivity contribution in [1.29, 1.82) is 5.26 Å². The third-order valence-electron chi connectivity index (χ3n) is 6.95. The van der Waals surface area contributed by atoms with Crippen LogP contribution in [0.15, 0.2) is 39.1 Å². The zero-order valence-corrected chi connectivity index (χ0v) is 20.5. The molecule has 6 nitrogen and oxygen atoms in total. The lowest BCUT2D eigenvalue weighted by molar-refractivity contribution is -0.132. The first-order valence-electron chi connectivity index (χ1n) is 11.3. The number of carbonyl (C=O) groups is 1. The Morgan fingerprint density at radius 2 is 2.03 bits per heavy atom. The minimum atomic E-state index is -1.28. The first-order chi connectivity index (χ1) is 16.0. The van der Waals surface area contributed by atoms with Crippen LogP contribution in [0.3, 0.4) is 0 Å². The SMILES string of the molecule is CC1(C)Cc2c3c(cc4cc(-c5ccc(/C=C(/C#N)C(=O)O)s5)c(=O)oc24)C(C)(C)CCN3C1. The fraction of sp³-hybridized carbons (Fsp3) is 0.370. The van der Waals surface area contributed by atoms with Crippen LogP contribution in [0.1, 0.15) is 50.1 Å². The van der Waals surface area contributed by atoms with Gasteiger partial charge >= 0.3 is 11.6 Å². The van der Waals surface area contributed by atoms with Crippen molar-refractivity contribution in [1.82, 2.24) is 0 Å². The molecule has 34 heavy (non-hydrogen) atoms. The van der Waals surface area contributed by atoms with Crippen molar-refractivity contribution in [2.45, 2.75) is 46.0 Å². The molecular weight excluding hydrogens is 448 g/mol. The molecule has 2 aliphatic heterocycles. The van der Waals surface area contributed by atoms with Gasteiger partial charge in [0.25, 0.3) is 0 Å². The fourth-order valence-corrected chi connectivity index (χ4v) is 6.22. The van der Waals surface area contributed by atoms with E-state index in [9.17, 15) is 9.59 Å². The van der Waals surface area contributed by atoms with Crippen LogP contribution in [0.25, 0.3) is 27.5 Å². The molecule has 0 radical (unpaired) electrons. The van der Waals surface area contributed by atoms with Crippen LogP contribution in [0, 0.1) is 16.7 Å². The van der Waals surface area contributed by atoms with Crippen molar-refractivity contribution >= 4 is 40.0 Å². The summed E-state index contributed by atoms with van der Waals surface area (Å²) in [6, 6.07) is 9.24. The third kappa shape index (κ3) is 3.63. The van der Waals surface area contributed by atoms with E-state index in [4.69, 9.17) is 14.8 Å². The molecule has 7 heteroatoms. The van der Waals surface area contributed by atoms with Crippen LogP contribution in [-0.4, -0.2) is 24.2 Å². The van der Waals surface area contributed by atoms with E-state index in [-0.39, 0.29) is 16.4 Å². The van der Waals surface area contributed by atoms with Crippen LogP contribution < -0.4 is 10.5 Å². The van der Waals surface area contributed by atoms with Crippen LogP contribution in [0.5, 0.6) is 0 Å². The van der Waals surface area contributed by atoms with Gasteiger partial charge in [0.05, 0.1) is 5.56 Å². The van der Waals surface area contributed by atoms with E-state index >= 15 is 0 Å². The molecule has 1 N–H and O–H groups in total. The highest BCUT2D eigenvalue weighted by molar-refractivity contribution is 7.16. The number of hydrogen-bond acceptors (Lipinski definition) is 6. The lowest BCUT2D eigenvalue weighted by Gasteiger charge is -2.48. The Morgan fingerprint density at radius 1 is 1.26 bits per heavy atom. The molecule has 0 atom stereocenters. The summed E-state index contributed by atoms with van der Waals surface area (Å²) in [6.07, 6.45) is 3.23. The normalized spacial score (nSPS) is 18.4. The van der Waals surface area contributed by atoms with E-state index < -0.39 is 11.6 Å². The summed E-state index contributed by atoms with van der Waals surface area (Å²) in [5.74, 6) is -1.28. The Hall–Kier alpha value is -3.37. The van der Waals surface area contributed by atoms with Crippen LogP contribution in [0.2, 0.25) is 0 Å². The van der Waals surface area contributed by atoms with E-state index in [1.165, 1.54) is 28.7 Å². The average molecular weight is 475 g/mol. The lowest BCUT2D eigenvalue weighted by atomic mass is 9.71. The van der Waals surface area contributed by atoms with Crippen molar-refractivity contribution in [2.24, 2.45) is 5.41 Å². The molecule has 0 bridgehead atoms. The van der Waals surface area contributed by atoms with Gasteiger partial charge in [0.2, 0.25) is 0 Å². The molecule has 0 fully saturated rings. The number of anilines is 1. The predicted octanol–water partition coefficient (Wildman–Crippen LogP) is 5.58. The Morgan fingerprint density at radius 3 is 2.74 bits per heavy atom. The van der Waals surface area contributed by atoms with Crippen molar-refractivity contribution in [3.63, 3.8) is 0 Å². The molecule has 0 aliphatic carbocycles. The highest BCUT2D eigenvalue weighted by atomic mass is 32.1. The molecule has 174 valence electrons. The number of carboxylic acid groups (broad SMARTS) is 1. The van der Waals surface area contributed by atoms with E-state index in [1.54, 1.807) is 18.2 Å². The summed E-state index contributed by atoms with van der Waals surface area (Å²) in [4.78, 5) is 28.0. The topological polar surface area (TPSA) is 94.5 Å². The molecule has 4 heterocycles. The molecule has 0 saturated carbocycles. The van der Waals surface area contributed by atoms with E-state index in [1.807, 2.05) is 6.07 Å². The minimum Gasteiger partial charge on any atom is -0.477 e. The third-order valence-corrected chi connectivity index (χ3v) is 8.01. The molecule has 5 rings (SSSR count). The number of thiophene rings is 1. The Balaban J connectivity index is 1.70. The molecule has 2 aliphatic rings. The number of benzene rings is 1. The Bertz CT molecular complexity index is 1480. The maximum atomic E-state index is 13.1. The highest BCUT2D eigenvalue weighted by Gasteiger charge is 2.40. The number of hydrogen-bond donors (Lipinski definition) is 1. The molecule has 1 aromatic carbocycles. The van der Waals surface area contributed by atoms with Crippen molar-refractivity contribution in [2.75, 3.05) is 18.0 Å². The van der Waals surface area contributed by atoms with Gasteiger partial charge in [0.15, 0.2) is 0 Å². The lowest BCUT2D eigenvalue weighted by Crippen LogP contribution is -2.46. The molecule has 2 aromatic heterocycles. The smallest absolute Gasteiger partial charge is 0.346 e. The summed E-state index contributed by atoms with van der Waals surface area (Å²) < 4.78 is 5.99. The zero-order chi connectivity index (χ0) is 24.4. The van der Waals surface area contributed by atoms with Crippen LogP contribution >= 0.6 is 11.3 Å². The predicted molar refractivity (Wildman–Crippen MR) is 134 cm³/mol. The van der Waals surface area contributed by atoms with Gasteiger partial charge in [-0.2, -0.15) is 5.26 Å². The van der Waals surface area contributed by atoms with Gasteiger partial charge in [0, 0.05) is 39.5 Å². The quantitative estimate of drug-likeness (QED) is 0.302. The van der Waals surface area contributed by atoms with Gasteiger partial charge in [-0.15, -0.1) is 11.3 Å². The van der Waals surface area contributed by atoms with Gasteiger partial charge in [-0.3, -0.25) is 0 Å². The average Bonchev–Trinajstić information content (AvgIpc) is 3.22.